The summed E-state index contributed by atoms with van der Waals surface area (Å²) < 4.78 is 0. The van der Waals surface area contributed by atoms with Crippen LogP contribution in [0.2, 0.25) is 0 Å². The quantitative estimate of drug-likeness (QED) is 0.629. The Morgan fingerprint density at radius 1 is 1.43 bits per heavy atom. The van der Waals surface area contributed by atoms with Crippen LogP contribution in [-0.2, 0) is 0 Å². The Labute approximate surface area is 87.3 Å². The molecule has 0 amide bonds. The van der Waals surface area contributed by atoms with E-state index < -0.39 is 0 Å². The first-order chi connectivity index (χ1) is 6.66. The highest BCUT2D eigenvalue weighted by molar-refractivity contribution is 4.88. The lowest BCUT2D eigenvalue weighted by Gasteiger charge is -2.39. The van der Waals surface area contributed by atoms with Crippen molar-refractivity contribution in [2.45, 2.75) is 38.7 Å². The predicted molar refractivity (Wildman–Crippen MR) is 59.4 cm³/mol. The van der Waals surface area contributed by atoms with E-state index in [9.17, 15) is 0 Å². The van der Waals surface area contributed by atoms with Crippen molar-refractivity contribution < 1.29 is 5.11 Å². The second-order valence-corrected chi connectivity index (χ2v) is 4.85. The fraction of sp³-hybridized carbons (Fsp3) is 1.00. The number of aliphatic hydroxyl groups excluding tert-OH is 1. The van der Waals surface area contributed by atoms with E-state index >= 15 is 0 Å². The second kappa shape index (κ2) is 5.69. The van der Waals surface area contributed by atoms with Gasteiger partial charge in [-0.25, -0.2) is 0 Å². The van der Waals surface area contributed by atoms with Gasteiger partial charge in [-0.15, -0.1) is 0 Å². The highest BCUT2D eigenvalue weighted by atomic mass is 16.3. The lowest BCUT2D eigenvalue weighted by molar-refractivity contribution is 0.0950. The maximum absolute atomic E-state index is 8.45. The SMILES string of the molecule is CNCCC1(C)CNC1.OC1CCC1. The van der Waals surface area contributed by atoms with Crippen LogP contribution in [0.15, 0.2) is 0 Å². The molecule has 0 aromatic rings. The number of aliphatic hydroxyl groups is 1. The molecule has 0 bridgehead atoms. The molecule has 1 heterocycles. The smallest absolute Gasteiger partial charge is 0.0540 e. The lowest BCUT2D eigenvalue weighted by Crippen LogP contribution is -2.52. The van der Waals surface area contributed by atoms with Crippen LogP contribution in [0.1, 0.15) is 32.6 Å². The van der Waals surface area contributed by atoms with Crippen LogP contribution in [0.5, 0.6) is 0 Å². The second-order valence-electron chi connectivity index (χ2n) is 4.85. The Hall–Kier alpha value is -0.120. The predicted octanol–water partition coefficient (Wildman–Crippen LogP) is 0.737. The average molecular weight is 200 g/mol. The van der Waals surface area contributed by atoms with E-state index in [1.807, 2.05) is 7.05 Å². The van der Waals surface area contributed by atoms with Gasteiger partial charge in [-0.1, -0.05) is 6.92 Å². The molecule has 0 aromatic carbocycles. The van der Waals surface area contributed by atoms with Crippen LogP contribution in [-0.4, -0.2) is 37.9 Å². The van der Waals surface area contributed by atoms with Gasteiger partial charge < -0.3 is 15.7 Å². The number of rotatable bonds is 3. The summed E-state index contributed by atoms with van der Waals surface area (Å²) in [6, 6.07) is 0. The van der Waals surface area contributed by atoms with Crippen molar-refractivity contribution >= 4 is 0 Å². The van der Waals surface area contributed by atoms with Crippen molar-refractivity contribution in [2.24, 2.45) is 5.41 Å². The Balaban J connectivity index is 0.000000165. The molecule has 2 rings (SSSR count). The van der Waals surface area contributed by atoms with Gasteiger partial charge in [0.15, 0.2) is 0 Å². The summed E-state index contributed by atoms with van der Waals surface area (Å²) in [6.45, 7) is 5.89. The van der Waals surface area contributed by atoms with E-state index in [-0.39, 0.29) is 6.10 Å². The molecule has 3 nitrogen and oxygen atoms in total. The Kier molecular flexibility index (Phi) is 4.85. The molecule has 1 aliphatic carbocycles. The van der Waals surface area contributed by atoms with Crippen molar-refractivity contribution in [2.75, 3.05) is 26.7 Å². The van der Waals surface area contributed by atoms with Crippen molar-refractivity contribution in [3.63, 3.8) is 0 Å². The molecule has 0 unspecified atom stereocenters. The molecule has 1 aliphatic heterocycles. The minimum absolute atomic E-state index is 0.0648. The maximum Gasteiger partial charge on any atom is 0.0540 e. The topological polar surface area (TPSA) is 44.3 Å². The molecule has 14 heavy (non-hydrogen) atoms. The Morgan fingerprint density at radius 3 is 2.21 bits per heavy atom. The van der Waals surface area contributed by atoms with Crippen molar-refractivity contribution in [3.8, 4) is 0 Å². The van der Waals surface area contributed by atoms with E-state index in [1.165, 1.54) is 25.9 Å². The van der Waals surface area contributed by atoms with Gasteiger partial charge in [0.25, 0.3) is 0 Å². The third-order valence-electron chi connectivity index (χ3n) is 3.16. The Morgan fingerprint density at radius 2 is 2.00 bits per heavy atom. The fourth-order valence-corrected chi connectivity index (χ4v) is 1.54. The van der Waals surface area contributed by atoms with Gasteiger partial charge >= 0.3 is 0 Å². The van der Waals surface area contributed by atoms with Crippen molar-refractivity contribution in [3.05, 3.63) is 0 Å². The van der Waals surface area contributed by atoms with Gasteiger partial charge in [-0.2, -0.15) is 0 Å². The first-order valence-electron chi connectivity index (χ1n) is 5.70. The molecular formula is C11H24N2O. The number of nitrogens with one attached hydrogen (secondary N) is 2. The van der Waals surface area contributed by atoms with Crippen LogP contribution in [0, 0.1) is 5.41 Å². The molecule has 0 aromatic heterocycles. The lowest BCUT2D eigenvalue weighted by atomic mass is 9.81. The molecular weight excluding hydrogens is 176 g/mol. The van der Waals surface area contributed by atoms with Gasteiger partial charge in [0.2, 0.25) is 0 Å². The van der Waals surface area contributed by atoms with Gasteiger partial charge in [-0.3, -0.25) is 0 Å². The molecule has 3 N–H and O–H groups in total. The summed E-state index contributed by atoms with van der Waals surface area (Å²) in [6.07, 6.45) is 4.69. The zero-order chi connectivity index (χ0) is 10.4. The molecule has 84 valence electrons. The van der Waals surface area contributed by atoms with Crippen LogP contribution < -0.4 is 10.6 Å². The standard InChI is InChI=1S/C7H16N2.C4H8O/c1-7(3-4-8-2)5-9-6-7;5-4-2-1-3-4/h8-9H,3-6H2,1-2H3;4-5H,1-3H2. The normalized spacial score (nSPS) is 24.2. The highest BCUT2D eigenvalue weighted by Crippen LogP contribution is 2.24. The molecule has 0 spiro atoms. The molecule has 2 aliphatic rings. The van der Waals surface area contributed by atoms with Crippen LogP contribution >= 0.6 is 0 Å². The molecule has 1 saturated heterocycles. The molecule has 1 saturated carbocycles. The van der Waals surface area contributed by atoms with Crippen LogP contribution in [0.4, 0.5) is 0 Å². The minimum Gasteiger partial charge on any atom is -0.393 e. The summed E-state index contributed by atoms with van der Waals surface area (Å²) in [5.74, 6) is 0. The minimum atomic E-state index is 0.0648. The number of hydrogen-bond acceptors (Lipinski definition) is 3. The van der Waals surface area contributed by atoms with E-state index in [0.717, 1.165) is 19.4 Å². The monoisotopic (exact) mass is 200 g/mol. The van der Waals surface area contributed by atoms with Crippen LogP contribution in [0.3, 0.4) is 0 Å². The average Bonchev–Trinajstić information content (AvgIpc) is 2.09. The van der Waals surface area contributed by atoms with Gasteiger partial charge in [0, 0.05) is 13.1 Å². The zero-order valence-corrected chi connectivity index (χ0v) is 9.47. The van der Waals surface area contributed by atoms with E-state index in [2.05, 4.69) is 17.6 Å². The molecule has 0 radical (unpaired) electrons. The number of hydrogen-bond donors (Lipinski definition) is 3. The van der Waals surface area contributed by atoms with E-state index in [1.54, 1.807) is 0 Å². The largest absolute Gasteiger partial charge is 0.393 e. The molecule has 3 heteroatoms. The van der Waals surface area contributed by atoms with Crippen molar-refractivity contribution in [1.29, 1.82) is 0 Å². The summed E-state index contributed by atoms with van der Waals surface area (Å²) in [7, 11) is 2.01. The van der Waals surface area contributed by atoms with Gasteiger partial charge in [-0.05, 0) is 44.7 Å². The first kappa shape index (κ1) is 12.0. The summed E-state index contributed by atoms with van der Waals surface area (Å²) in [5.41, 5.74) is 0.600. The molecule has 2 fully saturated rings. The van der Waals surface area contributed by atoms with E-state index in [4.69, 9.17) is 5.11 Å². The van der Waals surface area contributed by atoms with Crippen molar-refractivity contribution in [1.82, 2.24) is 10.6 Å². The van der Waals surface area contributed by atoms with Gasteiger partial charge in [0.05, 0.1) is 6.10 Å². The Bertz CT molecular complexity index is 153. The highest BCUT2D eigenvalue weighted by Gasteiger charge is 2.30. The summed E-state index contributed by atoms with van der Waals surface area (Å²) >= 11 is 0. The van der Waals surface area contributed by atoms with Crippen LogP contribution in [0.25, 0.3) is 0 Å². The maximum atomic E-state index is 8.45. The third-order valence-corrected chi connectivity index (χ3v) is 3.16. The third kappa shape index (κ3) is 3.95. The van der Waals surface area contributed by atoms with E-state index in [0.29, 0.717) is 5.41 Å². The molecule has 0 atom stereocenters. The zero-order valence-electron chi connectivity index (χ0n) is 9.47. The van der Waals surface area contributed by atoms with Gasteiger partial charge in [0.1, 0.15) is 0 Å². The summed E-state index contributed by atoms with van der Waals surface area (Å²) in [4.78, 5) is 0. The summed E-state index contributed by atoms with van der Waals surface area (Å²) in [5, 5.41) is 14.9. The fourth-order valence-electron chi connectivity index (χ4n) is 1.54. The first-order valence-corrected chi connectivity index (χ1v) is 5.70.